The highest BCUT2D eigenvalue weighted by atomic mass is 127. The van der Waals surface area contributed by atoms with Crippen LogP contribution in [0.25, 0.3) is 0 Å². The van der Waals surface area contributed by atoms with Crippen LogP contribution in [0.5, 0.6) is 5.75 Å². The summed E-state index contributed by atoms with van der Waals surface area (Å²) < 4.78 is 33.3. The Balaban J connectivity index is 1.84. The zero-order valence-corrected chi connectivity index (χ0v) is 19.5. The van der Waals surface area contributed by atoms with Crippen molar-refractivity contribution in [2.75, 3.05) is 19.5 Å². The highest BCUT2D eigenvalue weighted by molar-refractivity contribution is 14.1. The Labute approximate surface area is 190 Å². The number of carbonyl (C=O) groups is 1. The molecule has 6 nitrogen and oxygen atoms in total. The Morgan fingerprint density at radius 1 is 1.03 bits per heavy atom. The average Bonchev–Trinajstić information content (AvgIpc) is 2.75. The topological polar surface area (TPSA) is 75.7 Å². The van der Waals surface area contributed by atoms with Gasteiger partial charge in [-0.15, -0.1) is 0 Å². The van der Waals surface area contributed by atoms with Crippen LogP contribution < -0.4 is 10.1 Å². The van der Waals surface area contributed by atoms with Gasteiger partial charge in [0.25, 0.3) is 5.91 Å². The fourth-order valence-corrected chi connectivity index (χ4v) is 4.41. The quantitative estimate of drug-likeness (QED) is 0.455. The van der Waals surface area contributed by atoms with Crippen molar-refractivity contribution in [3.63, 3.8) is 0 Å². The van der Waals surface area contributed by atoms with E-state index in [1.165, 1.54) is 18.5 Å². The van der Waals surface area contributed by atoms with Crippen molar-refractivity contribution >= 4 is 44.2 Å². The highest BCUT2D eigenvalue weighted by Gasteiger charge is 2.22. The molecule has 0 spiro atoms. The minimum atomic E-state index is -3.67. The predicted octanol–water partition coefficient (Wildman–Crippen LogP) is 4.37. The lowest BCUT2D eigenvalue weighted by atomic mass is 10.1. The van der Waals surface area contributed by atoms with Gasteiger partial charge in [0.2, 0.25) is 10.0 Å². The van der Waals surface area contributed by atoms with Crippen LogP contribution >= 0.6 is 22.6 Å². The van der Waals surface area contributed by atoms with E-state index >= 15 is 0 Å². The smallest absolute Gasteiger partial charge is 0.255 e. The largest absolute Gasteiger partial charge is 0.496 e. The summed E-state index contributed by atoms with van der Waals surface area (Å²) in [7, 11) is -0.661. The molecule has 3 aromatic rings. The Morgan fingerprint density at radius 3 is 2.33 bits per heavy atom. The Bertz CT molecular complexity index is 1130. The van der Waals surface area contributed by atoms with Crippen molar-refractivity contribution in [2.24, 2.45) is 0 Å². The number of rotatable bonds is 7. The van der Waals surface area contributed by atoms with E-state index in [-0.39, 0.29) is 17.3 Å². The first-order valence-electron chi connectivity index (χ1n) is 9.06. The molecule has 0 bridgehead atoms. The Morgan fingerprint density at radius 2 is 1.70 bits per heavy atom. The number of nitrogens with zero attached hydrogens (tertiary/aromatic N) is 1. The molecule has 0 aliphatic carbocycles. The van der Waals surface area contributed by atoms with Gasteiger partial charge >= 0.3 is 0 Å². The van der Waals surface area contributed by atoms with Crippen LogP contribution in [0.4, 0.5) is 5.69 Å². The fourth-order valence-electron chi connectivity index (χ4n) is 2.88. The number of benzene rings is 3. The molecule has 0 atom stereocenters. The normalized spacial score (nSPS) is 11.3. The number of methoxy groups -OCH3 is 1. The van der Waals surface area contributed by atoms with Crippen LogP contribution in [0.15, 0.2) is 77.7 Å². The SMILES string of the molecule is COc1ccc(C(=O)Nc2ccc(I)cc2)cc1CN(C)S(=O)(=O)c1ccccc1. The number of amides is 1. The zero-order valence-electron chi connectivity index (χ0n) is 16.5. The third-order valence-electron chi connectivity index (χ3n) is 4.49. The minimum Gasteiger partial charge on any atom is -0.496 e. The van der Waals surface area contributed by atoms with Crippen LogP contribution in [0.3, 0.4) is 0 Å². The lowest BCUT2D eigenvalue weighted by molar-refractivity contribution is 0.102. The molecule has 156 valence electrons. The molecule has 0 aliphatic heterocycles. The number of hydrogen-bond acceptors (Lipinski definition) is 4. The van der Waals surface area contributed by atoms with Gasteiger partial charge in [-0.1, -0.05) is 18.2 Å². The second kappa shape index (κ2) is 9.59. The van der Waals surface area contributed by atoms with Crippen LogP contribution in [0.1, 0.15) is 15.9 Å². The molecule has 0 aromatic heterocycles. The average molecular weight is 536 g/mol. The molecule has 0 aliphatic rings. The highest BCUT2D eigenvalue weighted by Crippen LogP contribution is 2.25. The second-order valence-electron chi connectivity index (χ2n) is 6.56. The van der Waals surface area contributed by atoms with Crippen molar-refractivity contribution in [3.8, 4) is 5.75 Å². The maximum Gasteiger partial charge on any atom is 0.255 e. The van der Waals surface area contributed by atoms with Crippen molar-refractivity contribution in [1.82, 2.24) is 4.31 Å². The minimum absolute atomic E-state index is 0.0606. The number of carbonyl (C=O) groups excluding carboxylic acids is 1. The molecule has 8 heteroatoms. The molecule has 0 saturated heterocycles. The number of sulfonamides is 1. The monoisotopic (exact) mass is 536 g/mol. The van der Waals surface area contributed by atoms with Crippen molar-refractivity contribution in [3.05, 3.63) is 87.5 Å². The van der Waals surface area contributed by atoms with Crippen molar-refractivity contribution < 1.29 is 17.9 Å². The second-order valence-corrected chi connectivity index (χ2v) is 9.85. The van der Waals surface area contributed by atoms with Gasteiger partial charge in [-0.2, -0.15) is 4.31 Å². The molecule has 0 radical (unpaired) electrons. The summed E-state index contributed by atoms with van der Waals surface area (Å²) in [5, 5.41) is 2.84. The summed E-state index contributed by atoms with van der Waals surface area (Å²) in [5.74, 6) is 0.226. The van der Waals surface area contributed by atoms with Gasteiger partial charge in [0.05, 0.1) is 12.0 Å². The van der Waals surface area contributed by atoms with Gasteiger partial charge in [-0.3, -0.25) is 4.79 Å². The van der Waals surface area contributed by atoms with Crippen LogP contribution in [-0.2, 0) is 16.6 Å². The van der Waals surface area contributed by atoms with Gasteiger partial charge in [-0.25, -0.2) is 8.42 Å². The Hall–Kier alpha value is -2.43. The molecule has 1 amide bonds. The summed E-state index contributed by atoms with van der Waals surface area (Å²) in [6.07, 6.45) is 0. The maximum absolute atomic E-state index is 12.8. The maximum atomic E-state index is 12.8. The molecule has 1 N–H and O–H groups in total. The van der Waals surface area contributed by atoms with E-state index in [9.17, 15) is 13.2 Å². The first-order chi connectivity index (χ1) is 14.3. The fraction of sp³-hybridized carbons (Fsp3) is 0.136. The van der Waals surface area contributed by atoms with E-state index in [0.717, 1.165) is 3.57 Å². The van der Waals surface area contributed by atoms with Crippen LogP contribution in [0.2, 0.25) is 0 Å². The van der Waals surface area contributed by atoms with E-state index in [2.05, 4.69) is 27.9 Å². The number of anilines is 1. The number of halogens is 1. The van der Waals surface area contributed by atoms with Gasteiger partial charge in [0.15, 0.2) is 0 Å². The Kier molecular flexibility index (Phi) is 7.11. The molecule has 3 aromatic carbocycles. The van der Waals surface area contributed by atoms with Gasteiger partial charge in [0, 0.05) is 34.0 Å². The number of ether oxygens (including phenoxy) is 1. The summed E-state index contributed by atoms with van der Waals surface area (Å²) in [6, 6.07) is 20.6. The van der Waals surface area contributed by atoms with Crippen molar-refractivity contribution in [2.45, 2.75) is 11.4 Å². The molecule has 0 saturated carbocycles. The molecule has 30 heavy (non-hydrogen) atoms. The number of hydrogen-bond donors (Lipinski definition) is 1. The molecule has 0 unspecified atom stereocenters. The lowest BCUT2D eigenvalue weighted by Crippen LogP contribution is -2.27. The first kappa shape index (κ1) is 22.3. The van der Waals surface area contributed by atoms with Gasteiger partial charge < -0.3 is 10.1 Å². The first-order valence-corrected chi connectivity index (χ1v) is 11.6. The zero-order chi connectivity index (χ0) is 21.7. The molecule has 0 heterocycles. The molecular formula is C22H21IN2O4S. The van der Waals surface area contributed by atoms with Gasteiger partial charge in [-0.05, 0) is 77.2 Å². The lowest BCUT2D eigenvalue weighted by Gasteiger charge is -2.19. The van der Waals surface area contributed by atoms with E-state index < -0.39 is 10.0 Å². The molecule has 3 rings (SSSR count). The summed E-state index contributed by atoms with van der Waals surface area (Å²) >= 11 is 2.19. The van der Waals surface area contributed by atoms with E-state index in [1.54, 1.807) is 48.5 Å². The third-order valence-corrected chi connectivity index (χ3v) is 7.03. The third kappa shape index (κ3) is 5.18. The summed E-state index contributed by atoms with van der Waals surface area (Å²) in [6.45, 7) is 0.0606. The van der Waals surface area contributed by atoms with E-state index in [0.29, 0.717) is 22.6 Å². The van der Waals surface area contributed by atoms with E-state index in [1.807, 2.05) is 24.3 Å². The van der Waals surface area contributed by atoms with E-state index in [4.69, 9.17) is 4.74 Å². The molecule has 0 fully saturated rings. The predicted molar refractivity (Wildman–Crippen MR) is 125 cm³/mol. The van der Waals surface area contributed by atoms with Gasteiger partial charge in [0.1, 0.15) is 5.75 Å². The molecular weight excluding hydrogens is 515 g/mol. The van der Waals surface area contributed by atoms with Crippen LogP contribution in [0, 0.1) is 3.57 Å². The van der Waals surface area contributed by atoms with Crippen molar-refractivity contribution in [1.29, 1.82) is 0 Å². The number of nitrogens with one attached hydrogen (secondary N) is 1. The standard InChI is InChI=1S/C22H21IN2O4S/c1-25(30(27,28)20-6-4-3-5-7-20)15-17-14-16(8-13-21(17)29-2)22(26)24-19-11-9-18(23)10-12-19/h3-14H,15H2,1-2H3,(H,24,26). The summed E-state index contributed by atoms with van der Waals surface area (Å²) in [5.41, 5.74) is 1.69. The van der Waals surface area contributed by atoms with Crippen LogP contribution in [-0.4, -0.2) is 32.8 Å². The summed E-state index contributed by atoms with van der Waals surface area (Å²) in [4.78, 5) is 12.9.